The highest BCUT2D eigenvalue weighted by Crippen LogP contribution is 2.22. The number of carbonyl (C=O) groups excluding carboxylic acids is 2. The molecule has 4 rings (SSSR count). The zero-order valence-electron chi connectivity index (χ0n) is 17.6. The maximum absolute atomic E-state index is 12.9. The van der Waals surface area contributed by atoms with Gasteiger partial charge in [0.05, 0.1) is 31.8 Å². The lowest BCUT2D eigenvalue weighted by Gasteiger charge is -2.27. The van der Waals surface area contributed by atoms with Crippen molar-refractivity contribution in [2.45, 2.75) is 18.8 Å². The first-order valence-electron chi connectivity index (χ1n) is 10.6. The van der Waals surface area contributed by atoms with Crippen LogP contribution in [-0.4, -0.2) is 66.1 Å². The first-order valence-corrected chi connectivity index (χ1v) is 10.6. The lowest BCUT2D eigenvalue weighted by atomic mass is 9.75. The Morgan fingerprint density at radius 2 is 1.75 bits per heavy atom. The normalized spacial score (nSPS) is 14.9. The van der Waals surface area contributed by atoms with Gasteiger partial charge in [-0.2, -0.15) is 0 Å². The van der Waals surface area contributed by atoms with Gasteiger partial charge in [-0.05, 0) is 29.7 Å². The molecule has 0 radical (unpaired) electrons. The fourth-order valence-corrected chi connectivity index (χ4v) is 3.91. The molecule has 1 aliphatic rings. The van der Waals surface area contributed by atoms with Gasteiger partial charge in [0.25, 0.3) is 5.91 Å². The molecule has 8 nitrogen and oxygen atoms in total. The number of rotatable bonds is 7. The van der Waals surface area contributed by atoms with Crippen LogP contribution in [0.25, 0.3) is 11.0 Å². The third-order valence-corrected chi connectivity index (χ3v) is 5.60. The van der Waals surface area contributed by atoms with Gasteiger partial charge in [0, 0.05) is 24.0 Å². The molecule has 1 atom stereocenters. The Balaban J connectivity index is 1.45. The second kappa shape index (κ2) is 9.99. The molecule has 2 amide bonds. The van der Waals surface area contributed by atoms with Crippen molar-refractivity contribution in [3.63, 3.8) is 0 Å². The number of hydrogen-bond acceptors (Lipinski definition) is 6. The van der Waals surface area contributed by atoms with Crippen molar-refractivity contribution in [2.24, 2.45) is 0 Å². The highest BCUT2D eigenvalue weighted by atomic mass is 16.5. The predicted molar refractivity (Wildman–Crippen MR) is 119 cm³/mol. The Morgan fingerprint density at radius 3 is 2.53 bits per heavy atom. The molecule has 1 unspecified atom stereocenters. The number of nitrogens with one attached hydrogen (secondary N) is 1. The molecule has 1 aliphatic heterocycles. The van der Waals surface area contributed by atoms with E-state index >= 15 is 0 Å². The van der Waals surface area contributed by atoms with E-state index < -0.39 is 19.0 Å². The van der Waals surface area contributed by atoms with Gasteiger partial charge in [0.15, 0.2) is 0 Å². The summed E-state index contributed by atoms with van der Waals surface area (Å²) < 4.78 is 10.8. The molecule has 1 saturated heterocycles. The number of nitrogens with zero attached hydrogens (tertiary/aromatic N) is 1. The number of furan rings is 1. The van der Waals surface area contributed by atoms with Crippen molar-refractivity contribution in [2.75, 3.05) is 26.3 Å². The number of para-hydroxylation sites is 1. The van der Waals surface area contributed by atoms with Crippen molar-refractivity contribution < 1.29 is 28.8 Å². The fourth-order valence-electron chi connectivity index (χ4n) is 3.91. The van der Waals surface area contributed by atoms with Crippen LogP contribution in [0.5, 0.6) is 0 Å². The van der Waals surface area contributed by atoms with E-state index in [9.17, 15) is 19.6 Å². The van der Waals surface area contributed by atoms with Gasteiger partial charge in [-0.15, -0.1) is 0 Å². The second-order valence-electron chi connectivity index (χ2n) is 7.79. The summed E-state index contributed by atoms with van der Waals surface area (Å²) in [6.45, 7) is 2.01. The van der Waals surface area contributed by atoms with Gasteiger partial charge in [0.1, 0.15) is 5.58 Å². The van der Waals surface area contributed by atoms with E-state index in [1.807, 2.05) is 24.3 Å². The van der Waals surface area contributed by atoms with E-state index in [0.29, 0.717) is 43.0 Å². The van der Waals surface area contributed by atoms with Gasteiger partial charge < -0.3 is 29.4 Å². The number of morpholine rings is 1. The zero-order chi connectivity index (χ0) is 22.5. The van der Waals surface area contributed by atoms with Crippen LogP contribution in [0.3, 0.4) is 0 Å². The fraction of sp³-hybridized carbons (Fsp3) is 0.304. The van der Waals surface area contributed by atoms with E-state index in [4.69, 9.17) is 9.15 Å². The number of fused-ring (bicyclic) bond motifs is 1. The van der Waals surface area contributed by atoms with Crippen LogP contribution in [-0.2, 0) is 22.4 Å². The minimum atomic E-state index is -1.75. The summed E-state index contributed by atoms with van der Waals surface area (Å²) in [5, 5.41) is 23.2. The van der Waals surface area contributed by atoms with Gasteiger partial charge >= 0.3 is 7.12 Å². The third-order valence-electron chi connectivity index (χ3n) is 5.60. The first-order chi connectivity index (χ1) is 15.5. The number of amides is 2. The molecule has 2 heterocycles. The maximum Gasteiger partial charge on any atom is 0.475 e. The molecule has 1 fully saturated rings. The molecule has 1 aromatic heterocycles. The standard InChI is InChI=1S/C23H25BN2O6/c27-22(14-16-5-1-2-7-19(16)23(28)26-9-11-31-12-10-26)25-21(24(29)30)13-17-15-32-20-8-4-3-6-18(17)20/h1-8,15,21,29-30H,9-14H2,(H,25,27). The summed E-state index contributed by atoms with van der Waals surface area (Å²) in [5.74, 6) is -1.47. The van der Waals surface area contributed by atoms with Crippen LogP contribution >= 0.6 is 0 Å². The molecule has 0 saturated carbocycles. The van der Waals surface area contributed by atoms with Crippen LogP contribution in [0.15, 0.2) is 59.2 Å². The van der Waals surface area contributed by atoms with Crippen LogP contribution in [0, 0.1) is 0 Å². The molecule has 0 bridgehead atoms. The summed E-state index contributed by atoms with van der Waals surface area (Å²) in [7, 11) is -1.75. The highest BCUT2D eigenvalue weighted by molar-refractivity contribution is 6.43. The molecule has 3 aromatic rings. The van der Waals surface area contributed by atoms with Crippen molar-refractivity contribution in [1.82, 2.24) is 10.2 Å². The average molecular weight is 436 g/mol. The predicted octanol–water partition coefficient (Wildman–Crippen LogP) is 1.19. The Labute approximate surface area is 185 Å². The van der Waals surface area contributed by atoms with E-state index in [0.717, 1.165) is 10.9 Å². The van der Waals surface area contributed by atoms with Crippen molar-refractivity contribution in [3.05, 3.63) is 71.5 Å². The minimum absolute atomic E-state index is 0.0540. The molecular weight excluding hydrogens is 411 g/mol. The summed E-state index contributed by atoms with van der Waals surface area (Å²) in [6, 6.07) is 14.4. The number of carbonyl (C=O) groups is 2. The molecule has 9 heteroatoms. The van der Waals surface area contributed by atoms with E-state index in [1.165, 1.54) is 0 Å². The lowest BCUT2D eigenvalue weighted by Crippen LogP contribution is -2.48. The zero-order valence-corrected chi connectivity index (χ0v) is 17.6. The first kappa shape index (κ1) is 22.1. The lowest BCUT2D eigenvalue weighted by molar-refractivity contribution is -0.120. The van der Waals surface area contributed by atoms with Gasteiger partial charge in [-0.1, -0.05) is 36.4 Å². The Morgan fingerprint density at radius 1 is 1.03 bits per heavy atom. The third kappa shape index (κ3) is 5.01. The molecule has 32 heavy (non-hydrogen) atoms. The molecular formula is C23H25BN2O6. The van der Waals surface area contributed by atoms with E-state index in [1.54, 1.807) is 35.4 Å². The summed E-state index contributed by atoms with van der Waals surface area (Å²) in [6.07, 6.45) is 1.69. The molecule has 3 N–H and O–H groups in total. The van der Waals surface area contributed by atoms with Crippen molar-refractivity contribution in [1.29, 1.82) is 0 Å². The number of ether oxygens (including phenoxy) is 1. The Hall–Kier alpha value is -3.14. The maximum atomic E-state index is 12.9. The molecule has 166 valence electrons. The van der Waals surface area contributed by atoms with E-state index in [-0.39, 0.29) is 18.7 Å². The minimum Gasteiger partial charge on any atom is -0.464 e. The number of benzene rings is 2. The van der Waals surface area contributed by atoms with Crippen LogP contribution in [0.4, 0.5) is 0 Å². The number of hydrogen-bond donors (Lipinski definition) is 3. The van der Waals surface area contributed by atoms with Crippen LogP contribution in [0.1, 0.15) is 21.5 Å². The van der Waals surface area contributed by atoms with Crippen molar-refractivity contribution in [3.8, 4) is 0 Å². The summed E-state index contributed by atoms with van der Waals surface area (Å²) >= 11 is 0. The van der Waals surface area contributed by atoms with Gasteiger partial charge in [0.2, 0.25) is 5.91 Å². The van der Waals surface area contributed by atoms with Gasteiger partial charge in [-0.3, -0.25) is 9.59 Å². The van der Waals surface area contributed by atoms with E-state index in [2.05, 4.69) is 5.32 Å². The molecule has 0 aliphatic carbocycles. The Kier molecular flexibility index (Phi) is 6.89. The summed E-state index contributed by atoms with van der Waals surface area (Å²) in [4.78, 5) is 27.4. The summed E-state index contributed by atoms with van der Waals surface area (Å²) in [5.41, 5.74) is 2.50. The largest absolute Gasteiger partial charge is 0.475 e. The molecule has 2 aromatic carbocycles. The van der Waals surface area contributed by atoms with Gasteiger partial charge in [-0.25, -0.2) is 0 Å². The highest BCUT2D eigenvalue weighted by Gasteiger charge is 2.28. The topological polar surface area (TPSA) is 112 Å². The quantitative estimate of drug-likeness (QED) is 0.480. The second-order valence-corrected chi connectivity index (χ2v) is 7.79. The monoisotopic (exact) mass is 436 g/mol. The molecule has 0 spiro atoms. The van der Waals surface area contributed by atoms with Crippen LogP contribution < -0.4 is 5.32 Å². The smallest absolute Gasteiger partial charge is 0.464 e. The van der Waals surface area contributed by atoms with Crippen molar-refractivity contribution >= 4 is 29.9 Å². The average Bonchev–Trinajstić information content (AvgIpc) is 3.22. The Bertz CT molecular complexity index is 1090. The van der Waals surface area contributed by atoms with Crippen LogP contribution in [0.2, 0.25) is 0 Å². The SMILES string of the molecule is O=C(Cc1ccccc1C(=O)N1CCOCC1)NC(Cc1coc2ccccc12)B(O)O.